The summed E-state index contributed by atoms with van der Waals surface area (Å²) in [5.74, 6) is 0. The van der Waals surface area contributed by atoms with E-state index in [0.29, 0.717) is 0 Å². The Hall–Kier alpha value is -0.440. The highest BCUT2D eigenvalue weighted by molar-refractivity contribution is 4.63. The Morgan fingerprint density at radius 1 is 0.364 bits per heavy atom. The molecule has 4 unspecified atom stereocenters. The Bertz CT molecular complexity index is 170. The first-order valence-corrected chi connectivity index (χ1v) is 6.30. The summed E-state index contributed by atoms with van der Waals surface area (Å²) in [4.78, 5) is 0. The van der Waals surface area contributed by atoms with Gasteiger partial charge in [-0.15, -0.1) is 0 Å². The predicted molar refractivity (Wildman–Crippen MR) is 72.5 cm³/mol. The van der Waals surface area contributed by atoms with E-state index in [-0.39, 0.29) is 13.2 Å². The summed E-state index contributed by atoms with van der Waals surface area (Å²) in [7, 11) is 0. The van der Waals surface area contributed by atoms with Gasteiger partial charge in [0.05, 0.1) is 39.6 Å². The molecule has 11 N–H and O–H groups in total. The van der Waals surface area contributed by atoms with E-state index in [1.165, 1.54) is 0 Å². The van der Waals surface area contributed by atoms with Crippen LogP contribution in [0.15, 0.2) is 0 Å². The SMILES string of the molecule is OCC(O)C(O)CO.OCC(O)C(O)CO.OCC(O)CO. The Kier molecular flexibility index (Phi) is 22.4. The molecule has 0 bridgehead atoms. The first-order valence-electron chi connectivity index (χ1n) is 6.30. The van der Waals surface area contributed by atoms with E-state index >= 15 is 0 Å². The molecule has 0 rings (SSSR count). The largest absolute Gasteiger partial charge is 0.394 e. The predicted octanol–water partition coefficient (Wildman–Crippen LogP) is -6.28. The monoisotopic (exact) mass is 336 g/mol. The fourth-order valence-electron chi connectivity index (χ4n) is 0.544. The Morgan fingerprint density at radius 3 is 0.591 bits per heavy atom. The molecule has 11 nitrogen and oxygen atoms in total. The third-order valence-electron chi connectivity index (χ3n) is 2.06. The van der Waals surface area contributed by atoms with Crippen LogP contribution in [-0.4, -0.2) is 126 Å². The zero-order chi connectivity index (χ0) is 18.1. The average Bonchev–Trinajstić information content (AvgIpc) is 2.58. The average molecular weight is 336 g/mol. The van der Waals surface area contributed by atoms with Gasteiger partial charge in [0.25, 0.3) is 0 Å². The van der Waals surface area contributed by atoms with E-state index < -0.39 is 56.9 Å². The van der Waals surface area contributed by atoms with Crippen molar-refractivity contribution in [2.45, 2.75) is 30.5 Å². The highest BCUT2D eigenvalue weighted by Gasteiger charge is 2.12. The van der Waals surface area contributed by atoms with Gasteiger partial charge >= 0.3 is 0 Å². The Labute approximate surface area is 127 Å². The first-order chi connectivity index (χ1) is 10.2. The molecule has 11 heteroatoms. The third kappa shape index (κ3) is 17.6. The summed E-state index contributed by atoms with van der Waals surface area (Å²) in [6.45, 7) is -2.83. The van der Waals surface area contributed by atoms with Gasteiger partial charge in [-0.3, -0.25) is 0 Å². The van der Waals surface area contributed by atoms with Gasteiger partial charge in [-0.05, 0) is 0 Å². The Balaban J connectivity index is -0.000000249. The van der Waals surface area contributed by atoms with Crippen LogP contribution in [0, 0.1) is 0 Å². The minimum absolute atomic E-state index is 0.365. The zero-order valence-electron chi connectivity index (χ0n) is 12.0. The van der Waals surface area contributed by atoms with Crippen molar-refractivity contribution in [3.05, 3.63) is 0 Å². The van der Waals surface area contributed by atoms with E-state index in [1.807, 2.05) is 0 Å². The van der Waals surface area contributed by atoms with Crippen LogP contribution in [0.3, 0.4) is 0 Å². The summed E-state index contributed by atoms with van der Waals surface area (Å²) in [5, 5.41) is 90.3. The molecular weight excluding hydrogens is 308 g/mol. The highest BCUT2D eigenvalue weighted by Crippen LogP contribution is 1.89. The lowest BCUT2D eigenvalue weighted by Crippen LogP contribution is -2.31. The maximum Gasteiger partial charge on any atom is 0.105 e. The van der Waals surface area contributed by atoms with Crippen LogP contribution in [0.2, 0.25) is 0 Å². The molecule has 138 valence electrons. The maximum absolute atomic E-state index is 8.47. The summed E-state index contributed by atoms with van der Waals surface area (Å²) in [6, 6.07) is 0. The molecule has 0 saturated heterocycles. The van der Waals surface area contributed by atoms with E-state index in [9.17, 15) is 0 Å². The highest BCUT2D eigenvalue weighted by atomic mass is 16.4. The van der Waals surface area contributed by atoms with Crippen LogP contribution in [0.5, 0.6) is 0 Å². The molecular formula is C11H28O11. The van der Waals surface area contributed by atoms with Gasteiger partial charge in [0, 0.05) is 0 Å². The van der Waals surface area contributed by atoms with Crippen LogP contribution >= 0.6 is 0 Å². The summed E-state index contributed by atoms with van der Waals surface area (Å²) in [5.41, 5.74) is 0. The minimum Gasteiger partial charge on any atom is -0.394 e. The quantitative estimate of drug-likeness (QED) is 0.200. The van der Waals surface area contributed by atoms with Crippen LogP contribution in [0.1, 0.15) is 0 Å². The molecule has 0 fully saturated rings. The van der Waals surface area contributed by atoms with E-state index in [0.717, 1.165) is 0 Å². The summed E-state index contributed by atoms with van der Waals surface area (Å²) in [6.07, 6.45) is -5.84. The second kappa shape index (κ2) is 18.6. The number of aliphatic hydroxyl groups is 11. The smallest absolute Gasteiger partial charge is 0.105 e. The van der Waals surface area contributed by atoms with Crippen molar-refractivity contribution in [1.82, 2.24) is 0 Å². The molecule has 0 aliphatic heterocycles. The standard InChI is InChI=1S/2C4H10O4.C3H8O3/c2*5-1-3(7)4(8)2-6;4-1-3(6)2-5/h2*3-8H,1-2H2;3-6H,1-2H2. The Morgan fingerprint density at radius 2 is 0.545 bits per heavy atom. The number of hydrogen-bond acceptors (Lipinski definition) is 11. The second-order valence-electron chi connectivity index (χ2n) is 4.02. The number of aliphatic hydroxyl groups excluding tert-OH is 11. The van der Waals surface area contributed by atoms with Crippen molar-refractivity contribution < 1.29 is 56.2 Å². The molecule has 22 heavy (non-hydrogen) atoms. The van der Waals surface area contributed by atoms with Crippen LogP contribution < -0.4 is 0 Å². The maximum atomic E-state index is 8.47. The molecule has 0 aliphatic carbocycles. The lowest BCUT2D eigenvalue weighted by Gasteiger charge is -2.10. The summed E-state index contributed by atoms with van der Waals surface area (Å²) < 4.78 is 0. The van der Waals surface area contributed by atoms with Crippen molar-refractivity contribution in [2.75, 3.05) is 39.6 Å². The van der Waals surface area contributed by atoms with Gasteiger partial charge in [0.15, 0.2) is 0 Å². The molecule has 0 amide bonds. The van der Waals surface area contributed by atoms with Gasteiger partial charge in [-0.1, -0.05) is 0 Å². The number of rotatable bonds is 8. The van der Waals surface area contributed by atoms with Crippen molar-refractivity contribution >= 4 is 0 Å². The van der Waals surface area contributed by atoms with Gasteiger partial charge in [0.1, 0.15) is 30.5 Å². The topological polar surface area (TPSA) is 223 Å². The van der Waals surface area contributed by atoms with Gasteiger partial charge < -0.3 is 56.2 Å². The normalized spacial score (nSPS) is 15.8. The fourth-order valence-corrected chi connectivity index (χ4v) is 0.544. The molecule has 4 atom stereocenters. The van der Waals surface area contributed by atoms with E-state index in [1.54, 1.807) is 0 Å². The van der Waals surface area contributed by atoms with Crippen molar-refractivity contribution in [3.8, 4) is 0 Å². The van der Waals surface area contributed by atoms with Crippen LogP contribution in [0.4, 0.5) is 0 Å². The lowest BCUT2D eigenvalue weighted by atomic mass is 10.2. The van der Waals surface area contributed by atoms with Crippen LogP contribution in [0.25, 0.3) is 0 Å². The molecule has 0 spiro atoms. The molecule has 0 aliphatic rings. The van der Waals surface area contributed by atoms with Gasteiger partial charge in [-0.25, -0.2) is 0 Å². The molecule has 0 aromatic rings. The molecule has 0 heterocycles. The third-order valence-corrected chi connectivity index (χ3v) is 2.06. The van der Waals surface area contributed by atoms with Gasteiger partial charge in [-0.2, -0.15) is 0 Å². The fraction of sp³-hybridized carbons (Fsp3) is 1.00. The number of hydrogen-bond donors (Lipinski definition) is 11. The molecule has 0 aromatic heterocycles. The lowest BCUT2D eigenvalue weighted by molar-refractivity contribution is -0.0388. The molecule has 0 saturated carbocycles. The second-order valence-corrected chi connectivity index (χ2v) is 4.02. The van der Waals surface area contributed by atoms with Crippen molar-refractivity contribution in [1.29, 1.82) is 0 Å². The zero-order valence-corrected chi connectivity index (χ0v) is 12.0. The van der Waals surface area contributed by atoms with Crippen molar-refractivity contribution in [2.24, 2.45) is 0 Å². The molecule has 0 radical (unpaired) electrons. The first kappa shape index (κ1) is 26.5. The van der Waals surface area contributed by atoms with Crippen LogP contribution in [-0.2, 0) is 0 Å². The van der Waals surface area contributed by atoms with Crippen molar-refractivity contribution in [3.63, 3.8) is 0 Å². The summed E-state index contributed by atoms with van der Waals surface area (Å²) >= 11 is 0. The minimum atomic E-state index is -1.22. The van der Waals surface area contributed by atoms with E-state index in [4.69, 9.17) is 56.2 Å². The molecule has 0 aromatic carbocycles. The van der Waals surface area contributed by atoms with Gasteiger partial charge in [0.2, 0.25) is 0 Å². The van der Waals surface area contributed by atoms with E-state index in [2.05, 4.69) is 0 Å².